The van der Waals surface area contributed by atoms with Crippen LogP contribution in [-0.2, 0) is 4.79 Å². The number of carbonyl (C=O) groups is 1. The van der Waals surface area contributed by atoms with Crippen molar-refractivity contribution in [2.75, 3.05) is 21.3 Å². The van der Waals surface area contributed by atoms with E-state index in [1.165, 1.54) is 12.8 Å². The van der Waals surface area contributed by atoms with Gasteiger partial charge in [-0.05, 0) is 92.0 Å². The van der Waals surface area contributed by atoms with Crippen molar-refractivity contribution in [2.45, 2.75) is 44.6 Å². The third-order valence-electron chi connectivity index (χ3n) is 6.52. The number of allylic oxidation sites excluding steroid dienone is 1. The minimum absolute atomic E-state index is 0.0314. The molecule has 0 saturated heterocycles. The van der Waals surface area contributed by atoms with Crippen molar-refractivity contribution in [1.82, 2.24) is 0 Å². The van der Waals surface area contributed by atoms with Crippen molar-refractivity contribution >= 4 is 11.4 Å². The average molecular weight is 423 g/mol. The Labute approximate surface area is 184 Å². The van der Waals surface area contributed by atoms with Gasteiger partial charge in [-0.3, -0.25) is 4.79 Å². The molecule has 2 bridgehead atoms. The van der Waals surface area contributed by atoms with Gasteiger partial charge < -0.3 is 18.9 Å². The minimum atomic E-state index is -0.0790. The highest BCUT2D eigenvalue weighted by Gasteiger charge is 2.47. The van der Waals surface area contributed by atoms with Crippen LogP contribution in [-0.4, -0.2) is 32.7 Å². The van der Waals surface area contributed by atoms with Gasteiger partial charge in [0.15, 0.2) is 28.8 Å². The van der Waals surface area contributed by atoms with E-state index in [0.717, 1.165) is 47.6 Å². The van der Waals surface area contributed by atoms with Crippen LogP contribution in [0.2, 0.25) is 0 Å². The van der Waals surface area contributed by atoms with E-state index in [4.69, 9.17) is 18.9 Å². The summed E-state index contributed by atoms with van der Waals surface area (Å²) in [6.45, 7) is 1.55. The molecular weight excluding hydrogens is 392 g/mol. The van der Waals surface area contributed by atoms with Crippen LogP contribution in [0, 0.1) is 5.92 Å². The summed E-state index contributed by atoms with van der Waals surface area (Å²) in [6.07, 6.45) is 7.43. The summed E-state index contributed by atoms with van der Waals surface area (Å²) in [5, 5.41) is 0. The lowest BCUT2D eigenvalue weighted by atomic mass is 9.95. The van der Waals surface area contributed by atoms with Gasteiger partial charge in [0.1, 0.15) is 5.60 Å². The molecule has 31 heavy (non-hydrogen) atoms. The Hall–Kier alpha value is -2.95. The molecule has 0 atom stereocenters. The number of benzene rings is 2. The molecule has 2 saturated carbocycles. The van der Waals surface area contributed by atoms with E-state index in [9.17, 15) is 4.79 Å². The third-order valence-corrected chi connectivity index (χ3v) is 6.52. The summed E-state index contributed by atoms with van der Waals surface area (Å²) in [4.78, 5) is 12.1. The van der Waals surface area contributed by atoms with Crippen molar-refractivity contribution in [2.24, 2.45) is 5.92 Å². The molecule has 2 aliphatic rings. The lowest BCUT2D eigenvalue weighted by Gasteiger charge is -2.29. The van der Waals surface area contributed by atoms with E-state index in [1.54, 1.807) is 34.3 Å². The van der Waals surface area contributed by atoms with Gasteiger partial charge in [-0.15, -0.1) is 0 Å². The first kappa shape index (κ1) is 21.3. The van der Waals surface area contributed by atoms with Gasteiger partial charge in [0.05, 0.1) is 21.3 Å². The van der Waals surface area contributed by atoms with Crippen LogP contribution in [0.1, 0.15) is 50.2 Å². The fourth-order valence-corrected chi connectivity index (χ4v) is 4.98. The summed E-state index contributed by atoms with van der Waals surface area (Å²) >= 11 is 0. The van der Waals surface area contributed by atoms with E-state index in [0.29, 0.717) is 17.2 Å². The summed E-state index contributed by atoms with van der Waals surface area (Å²) in [5.74, 6) is 3.45. The average Bonchev–Trinajstić information content (AvgIpc) is 3.37. The number of carbonyl (C=O) groups excluding carboxylic acids is 1. The van der Waals surface area contributed by atoms with E-state index >= 15 is 0 Å². The molecule has 2 aliphatic carbocycles. The van der Waals surface area contributed by atoms with Crippen molar-refractivity contribution in [1.29, 1.82) is 0 Å². The maximum absolute atomic E-state index is 12.1. The number of fused-ring (bicyclic) bond motifs is 2. The molecule has 0 radical (unpaired) electrons. The molecule has 0 aliphatic heterocycles. The van der Waals surface area contributed by atoms with Gasteiger partial charge in [-0.25, -0.2) is 0 Å². The second-order valence-corrected chi connectivity index (χ2v) is 8.54. The molecule has 2 aromatic carbocycles. The van der Waals surface area contributed by atoms with Gasteiger partial charge in [-0.2, -0.15) is 0 Å². The van der Waals surface area contributed by atoms with Crippen LogP contribution in [0.4, 0.5) is 0 Å². The number of hydrogen-bond donors (Lipinski definition) is 0. The van der Waals surface area contributed by atoms with Crippen molar-refractivity contribution in [3.05, 3.63) is 53.6 Å². The van der Waals surface area contributed by atoms with E-state index < -0.39 is 0 Å². The largest absolute Gasteiger partial charge is 0.493 e. The molecule has 0 spiro atoms. The highest BCUT2D eigenvalue weighted by Crippen LogP contribution is 2.51. The van der Waals surface area contributed by atoms with Crippen LogP contribution in [0.15, 0.2) is 42.5 Å². The lowest BCUT2D eigenvalue weighted by Crippen LogP contribution is -2.30. The zero-order valence-electron chi connectivity index (χ0n) is 18.7. The normalized spacial score (nSPS) is 22.3. The summed E-state index contributed by atoms with van der Waals surface area (Å²) in [7, 11) is 4.87. The second-order valence-electron chi connectivity index (χ2n) is 8.54. The fourth-order valence-electron chi connectivity index (χ4n) is 4.98. The van der Waals surface area contributed by atoms with Crippen LogP contribution < -0.4 is 18.9 Å². The number of rotatable bonds is 8. The Morgan fingerprint density at radius 3 is 1.90 bits per heavy atom. The number of hydrogen-bond acceptors (Lipinski definition) is 5. The molecule has 5 nitrogen and oxygen atoms in total. The maximum Gasteiger partial charge on any atom is 0.162 e. The highest BCUT2D eigenvalue weighted by atomic mass is 16.5. The SMILES string of the molecule is COc1ccc(/C(=C\C(C)=O)c2ccc(OC)c(OC34CCC(CC3)C4)c2)cc1OC. The molecule has 0 unspecified atom stereocenters. The first-order chi connectivity index (χ1) is 15.0. The number of ketones is 1. The molecule has 2 aromatic rings. The van der Waals surface area contributed by atoms with Gasteiger partial charge >= 0.3 is 0 Å². The molecule has 164 valence electrons. The second kappa shape index (κ2) is 8.66. The van der Waals surface area contributed by atoms with E-state index in [1.807, 2.05) is 36.4 Å². The minimum Gasteiger partial charge on any atom is -0.493 e. The molecule has 2 fully saturated rings. The van der Waals surface area contributed by atoms with Crippen LogP contribution in [0.5, 0.6) is 23.0 Å². The Morgan fingerprint density at radius 1 is 0.871 bits per heavy atom. The van der Waals surface area contributed by atoms with Gasteiger partial charge in [-0.1, -0.05) is 12.1 Å². The summed E-state index contributed by atoms with van der Waals surface area (Å²) in [5.41, 5.74) is 2.48. The quantitative estimate of drug-likeness (QED) is 0.530. The van der Waals surface area contributed by atoms with Crippen LogP contribution >= 0.6 is 0 Å². The summed E-state index contributed by atoms with van der Waals surface area (Å²) < 4.78 is 23.0. The zero-order chi connectivity index (χ0) is 22.0. The Morgan fingerprint density at radius 2 is 1.42 bits per heavy atom. The van der Waals surface area contributed by atoms with Crippen molar-refractivity contribution < 1.29 is 23.7 Å². The van der Waals surface area contributed by atoms with Gasteiger partial charge in [0.2, 0.25) is 0 Å². The Bertz CT molecular complexity index is 999. The number of ether oxygens (including phenoxy) is 4. The standard InChI is InChI=1S/C26H30O5/c1-17(27)13-21(19-5-7-22(28-2)24(14-19)30-4)20-6-8-23(29-3)25(15-20)31-26-11-9-18(16-26)10-12-26/h5-8,13-15,18H,9-12,16H2,1-4H3/b21-13+. The molecule has 0 heterocycles. The highest BCUT2D eigenvalue weighted by molar-refractivity contribution is 5.99. The molecule has 0 aromatic heterocycles. The van der Waals surface area contributed by atoms with Crippen LogP contribution in [0.25, 0.3) is 5.57 Å². The smallest absolute Gasteiger partial charge is 0.162 e. The molecule has 5 heteroatoms. The Balaban J connectivity index is 1.75. The molecule has 0 N–H and O–H groups in total. The van der Waals surface area contributed by atoms with Crippen LogP contribution in [0.3, 0.4) is 0 Å². The molecular formula is C26H30O5. The fraction of sp³-hybridized carbons (Fsp3) is 0.423. The first-order valence-electron chi connectivity index (χ1n) is 10.8. The van der Waals surface area contributed by atoms with Crippen molar-refractivity contribution in [3.8, 4) is 23.0 Å². The molecule has 0 amide bonds. The monoisotopic (exact) mass is 422 g/mol. The number of methoxy groups -OCH3 is 3. The summed E-state index contributed by atoms with van der Waals surface area (Å²) in [6, 6.07) is 11.5. The third kappa shape index (κ3) is 4.27. The van der Waals surface area contributed by atoms with E-state index in [-0.39, 0.29) is 11.4 Å². The zero-order valence-corrected chi connectivity index (χ0v) is 18.7. The predicted molar refractivity (Wildman–Crippen MR) is 120 cm³/mol. The first-order valence-corrected chi connectivity index (χ1v) is 10.8. The molecule has 4 rings (SSSR count). The lowest BCUT2D eigenvalue weighted by molar-refractivity contribution is -0.112. The van der Waals surface area contributed by atoms with E-state index in [2.05, 4.69) is 0 Å². The van der Waals surface area contributed by atoms with Gasteiger partial charge in [0, 0.05) is 0 Å². The predicted octanol–water partition coefficient (Wildman–Crippen LogP) is 5.44. The topological polar surface area (TPSA) is 54.0 Å². The van der Waals surface area contributed by atoms with Crippen molar-refractivity contribution in [3.63, 3.8) is 0 Å². The Kier molecular flexibility index (Phi) is 5.94. The van der Waals surface area contributed by atoms with Gasteiger partial charge in [0.25, 0.3) is 0 Å². The maximum atomic E-state index is 12.1.